The molecule has 28 heavy (non-hydrogen) atoms. The Hall–Kier alpha value is -3.42. The van der Waals surface area contributed by atoms with Gasteiger partial charge >= 0.3 is 5.97 Å². The van der Waals surface area contributed by atoms with Crippen LogP contribution in [0, 0.1) is 0 Å². The van der Waals surface area contributed by atoms with Gasteiger partial charge in [0, 0.05) is 5.56 Å². The number of carbonyl (C=O) groups is 2. The van der Waals surface area contributed by atoms with Gasteiger partial charge in [0.2, 0.25) is 0 Å². The molecule has 8 heteroatoms. The van der Waals surface area contributed by atoms with E-state index < -0.39 is 17.9 Å². The molecule has 0 radical (unpaired) electrons. The van der Waals surface area contributed by atoms with Crippen LogP contribution in [-0.2, 0) is 4.79 Å². The van der Waals surface area contributed by atoms with E-state index in [1.54, 1.807) is 30.3 Å². The molecule has 1 amide bonds. The molecule has 0 saturated heterocycles. The number of carboxylic acids is 1. The first-order valence-corrected chi connectivity index (χ1v) is 8.40. The van der Waals surface area contributed by atoms with Gasteiger partial charge < -0.3 is 29.4 Å². The van der Waals surface area contributed by atoms with Gasteiger partial charge in [-0.1, -0.05) is 6.07 Å². The highest BCUT2D eigenvalue weighted by Gasteiger charge is 2.21. The highest BCUT2D eigenvalue weighted by Crippen LogP contribution is 2.32. The molecule has 2 aromatic carbocycles. The standard InChI is InChI=1S/C20H23NO7/c1-25-15-7-5-12(9-17(15)27-3)14(11-19(22)23)21-20(24)13-6-8-16(26-2)18(10-13)28-4/h5-10,14H,11H2,1-4H3,(H,21,24)(H,22,23)/t14-/m0/s1. The van der Waals surface area contributed by atoms with Crippen LogP contribution >= 0.6 is 0 Å². The van der Waals surface area contributed by atoms with E-state index in [0.717, 1.165) is 0 Å². The second-order valence-corrected chi connectivity index (χ2v) is 5.81. The largest absolute Gasteiger partial charge is 0.493 e. The Kier molecular flexibility index (Phi) is 7.08. The maximum Gasteiger partial charge on any atom is 0.305 e. The fourth-order valence-corrected chi connectivity index (χ4v) is 2.72. The van der Waals surface area contributed by atoms with Crippen molar-refractivity contribution >= 4 is 11.9 Å². The van der Waals surface area contributed by atoms with E-state index in [1.165, 1.54) is 34.5 Å². The van der Waals surface area contributed by atoms with Gasteiger partial charge in [-0.25, -0.2) is 0 Å². The number of benzene rings is 2. The summed E-state index contributed by atoms with van der Waals surface area (Å²) in [4.78, 5) is 24.0. The van der Waals surface area contributed by atoms with Crippen molar-refractivity contribution in [3.8, 4) is 23.0 Å². The second kappa shape index (κ2) is 9.50. The lowest BCUT2D eigenvalue weighted by Gasteiger charge is -2.19. The predicted molar refractivity (Wildman–Crippen MR) is 102 cm³/mol. The summed E-state index contributed by atoms with van der Waals surface area (Å²) in [5, 5.41) is 12.0. The van der Waals surface area contributed by atoms with Crippen LogP contribution in [0.3, 0.4) is 0 Å². The lowest BCUT2D eigenvalue weighted by molar-refractivity contribution is -0.137. The summed E-state index contributed by atoms with van der Waals surface area (Å²) in [6.07, 6.45) is -0.297. The Morgan fingerprint density at radius 2 is 1.39 bits per heavy atom. The zero-order valence-electron chi connectivity index (χ0n) is 16.1. The van der Waals surface area contributed by atoms with Crippen LogP contribution in [0.15, 0.2) is 36.4 Å². The van der Waals surface area contributed by atoms with E-state index in [4.69, 9.17) is 18.9 Å². The van der Waals surface area contributed by atoms with Crippen molar-refractivity contribution in [2.24, 2.45) is 0 Å². The van der Waals surface area contributed by atoms with Crippen molar-refractivity contribution in [1.82, 2.24) is 5.32 Å². The maximum absolute atomic E-state index is 12.7. The van der Waals surface area contributed by atoms with E-state index >= 15 is 0 Å². The van der Waals surface area contributed by atoms with Gasteiger partial charge in [0.1, 0.15) is 0 Å². The minimum absolute atomic E-state index is 0.297. The van der Waals surface area contributed by atoms with Crippen molar-refractivity contribution in [1.29, 1.82) is 0 Å². The number of hydrogen-bond donors (Lipinski definition) is 2. The van der Waals surface area contributed by atoms with Crippen molar-refractivity contribution in [3.63, 3.8) is 0 Å². The lowest BCUT2D eigenvalue weighted by Crippen LogP contribution is -2.30. The Labute approximate surface area is 163 Å². The van der Waals surface area contributed by atoms with Gasteiger partial charge in [-0.15, -0.1) is 0 Å². The third-order valence-corrected chi connectivity index (χ3v) is 4.14. The first-order chi connectivity index (χ1) is 13.4. The van der Waals surface area contributed by atoms with Gasteiger partial charge in [-0.3, -0.25) is 9.59 Å². The smallest absolute Gasteiger partial charge is 0.305 e. The molecular weight excluding hydrogens is 366 g/mol. The average molecular weight is 389 g/mol. The summed E-state index contributed by atoms with van der Waals surface area (Å²) in [5.41, 5.74) is 0.891. The Bertz CT molecular complexity index is 850. The third kappa shape index (κ3) is 4.85. The van der Waals surface area contributed by atoms with Crippen molar-refractivity contribution in [2.45, 2.75) is 12.5 Å². The van der Waals surface area contributed by atoms with Crippen LogP contribution in [-0.4, -0.2) is 45.4 Å². The second-order valence-electron chi connectivity index (χ2n) is 5.81. The maximum atomic E-state index is 12.7. The average Bonchev–Trinajstić information content (AvgIpc) is 2.71. The van der Waals surface area contributed by atoms with Gasteiger partial charge in [0.25, 0.3) is 5.91 Å². The molecule has 150 valence electrons. The summed E-state index contributed by atoms with van der Waals surface area (Å²) in [6.45, 7) is 0. The molecule has 0 heterocycles. The van der Waals surface area contributed by atoms with Crippen molar-refractivity contribution in [3.05, 3.63) is 47.5 Å². The molecule has 0 saturated carbocycles. The summed E-state index contributed by atoms with van der Waals surface area (Å²) in [7, 11) is 5.95. The number of rotatable bonds is 9. The quantitative estimate of drug-likeness (QED) is 0.679. The zero-order valence-corrected chi connectivity index (χ0v) is 16.1. The topological polar surface area (TPSA) is 103 Å². The van der Waals surface area contributed by atoms with Crippen LogP contribution < -0.4 is 24.3 Å². The highest BCUT2D eigenvalue weighted by atomic mass is 16.5. The normalized spacial score (nSPS) is 11.3. The van der Waals surface area contributed by atoms with E-state index in [9.17, 15) is 14.7 Å². The lowest BCUT2D eigenvalue weighted by atomic mass is 10.0. The Morgan fingerprint density at radius 1 is 0.857 bits per heavy atom. The molecule has 2 N–H and O–H groups in total. The third-order valence-electron chi connectivity index (χ3n) is 4.14. The van der Waals surface area contributed by atoms with Gasteiger partial charge in [-0.05, 0) is 35.9 Å². The molecule has 8 nitrogen and oxygen atoms in total. The molecule has 0 aliphatic rings. The van der Waals surface area contributed by atoms with Crippen LogP contribution in [0.5, 0.6) is 23.0 Å². The number of carbonyl (C=O) groups excluding carboxylic acids is 1. The van der Waals surface area contributed by atoms with Gasteiger partial charge in [0.05, 0.1) is 40.9 Å². The molecular formula is C20H23NO7. The first-order valence-electron chi connectivity index (χ1n) is 8.40. The van der Waals surface area contributed by atoms with E-state index in [1.807, 2.05) is 0 Å². The fourth-order valence-electron chi connectivity index (χ4n) is 2.72. The minimum Gasteiger partial charge on any atom is -0.493 e. The Morgan fingerprint density at radius 3 is 1.93 bits per heavy atom. The molecule has 0 aromatic heterocycles. The summed E-state index contributed by atoms with van der Waals surface area (Å²) in [6, 6.07) is 8.93. The summed E-state index contributed by atoms with van der Waals surface area (Å²) in [5.74, 6) is 0.341. The number of nitrogens with one attached hydrogen (secondary N) is 1. The summed E-state index contributed by atoms with van der Waals surface area (Å²) < 4.78 is 20.8. The molecule has 0 bridgehead atoms. The molecule has 2 rings (SSSR count). The molecule has 0 unspecified atom stereocenters. The van der Waals surface area contributed by atoms with Crippen molar-refractivity contribution in [2.75, 3.05) is 28.4 Å². The molecule has 1 atom stereocenters. The van der Waals surface area contributed by atoms with Crippen molar-refractivity contribution < 1.29 is 33.6 Å². The summed E-state index contributed by atoms with van der Waals surface area (Å²) >= 11 is 0. The van der Waals surface area contributed by atoms with E-state index in [-0.39, 0.29) is 6.42 Å². The van der Waals surface area contributed by atoms with Gasteiger partial charge in [0.15, 0.2) is 23.0 Å². The number of carboxylic acid groups (broad SMARTS) is 1. The van der Waals surface area contributed by atoms with Crippen LogP contribution in [0.25, 0.3) is 0 Å². The number of hydrogen-bond acceptors (Lipinski definition) is 6. The first kappa shape index (κ1) is 20.9. The predicted octanol–water partition coefficient (Wildman–Crippen LogP) is 2.67. The number of methoxy groups -OCH3 is 4. The number of ether oxygens (including phenoxy) is 4. The van der Waals surface area contributed by atoms with Crippen LogP contribution in [0.4, 0.5) is 0 Å². The SMILES string of the molecule is COc1ccc(C(=O)N[C@@H](CC(=O)O)c2ccc(OC)c(OC)c2)cc1OC. The van der Waals surface area contributed by atoms with Crippen LogP contribution in [0.1, 0.15) is 28.4 Å². The fraction of sp³-hybridized carbons (Fsp3) is 0.300. The number of aliphatic carboxylic acids is 1. The van der Waals surface area contributed by atoms with E-state index in [0.29, 0.717) is 34.1 Å². The molecule has 0 fully saturated rings. The molecule has 2 aromatic rings. The molecule has 0 aliphatic carbocycles. The van der Waals surface area contributed by atoms with E-state index in [2.05, 4.69) is 5.32 Å². The zero-order chi connectivity index (χ0) is 20.7. The minimum atomic E-state index is -1.05. The monoisotopic (exact) mass is 389 g/mol. The van der Waals surface area contributed by atoms with Crippen LogP contribution in [0.2, 0.25) is 0 Å². The highest BCUT2D eigenvalue weighted by molar-refractivity contribution is 5.95. The molecule has 0 spiro atoms. The Balaban J connectivity index is 2.32. The number of amides is 1. The van der Waals surface area contributed by atoms with Gasteiger partial charge in [-0.2, -0.15) is 0 Å². The molecule has 0 aliphatic heterocycles.